The Hall–Kier alpha value is -1.19. The Bertz CT molecular complexity index is 315. The Morgan fingerprint density at radius 3 is 2.92 bits per heavy atom. The Labute approximate surface area is 76.9 Å². The Kier molecular flexibility index (Phi) is 2.12. The van der Waals surface area contributed by atoms with Gasteiger partial charge >= 0.3 is 0 Å². The van der Waals surface area contributed by atoms with E-state index >= 15 is 0 Å². The second-order valence-corrected chi connectivity index (χ2v) is 3.48. The van der Waals surface area contributed by atoms with Crippen LogP contribution in [-0.2, 0) is 6.54 Å². The molecule has 0 unspecified atom stereocenters. The SMILES string of the molecule is CCCn1nnc(C=O)c1C1CC1. The van der Waals surface area contributed by atoms with E-state index in [0.29, 0.717) is 11.6 Å². The maximum atomic E-state index is 10.7. The molecule has 0 atom stereocenters. The van der Waals surface area contributed by atoms with E-state index in [1.54, 1.807) is 0 Å². The highest BCUT2D eigenvalue weighted by molar-refractivity contribution is 5.73. The highest BCUT2D eigenvalue weighted by atomic mass is 16.1. The summed E-state index contributed by atoms with van der Waals surface area (Å²) in [6.45, 7) is 2.96. The highest BCUT2D eigenvalue weighted by Crippen LogP contribution is 2.40. The molecule has 1 saturated carbocycles. The molecule has 1 fully saturated rings. The van der Waals surface area contributed by atoms with E-state index < -0.39 is 0 Å². The fraction of sp³-hybridized carbons (Fsp3) is 0.667. The summed E-state index contributed by atoms with van der Waals surface area (Å²) in [5.74, 6) is 0.543. The van der Waals surface area contributed by atoms with E-state index in [-0.39, 0.29) is 0 Å². The van der Waals surface area contributed by atoms with Crippen molar-refractivity contribution in [2.24, 2.45) is 0 Å². The van der Waals surface area contributed by atoms with Crippen molar-refractivity contribution in [2.75, 3.05) is 0 Å². The third-order valence-electron chi connectivity index (χ3n) is 2.31. The monoisotopic (exact) mass is 179 g/mol. The summed E-state index contributed by atoms with van der Waals surface area (Å²) in [6, 6.07) is 0. The molecule has 0 N–H and O–H groups in total. The summed E-state index contributed by atoms with van der Waals surface area (Å²) >= 11 is 0. The van der Waals surface area contributed by atoms with Gasteiger partial charge in [-0.15, -0.1) is 5.10 Å². The van der Waals surface area contributed by atoms with Gasteiger partial charge in [0.25, 0.3) is 0 Å². The zero-order valence-electron chi connectivity index (χ0n) is 7.73. The summed E-state index contributed by atoms with van der Waals surface area (Å²) in [7, 11) is 0. The maximum absolute atomic E-state index is 10.7. The minimum absolute atomic E-state index is 0.538. The van der Waals surface area contributed by atoms with Crippen LogP contribution in [0.5, 0.6) is 0 Å². The fourth-order valence-corrected chi connectivity index (χ4v) is 1.57. The standard InChI is InChI=1S/C9H13N3O/c1-2-5-12-9(7-3-4-7)8(6-13)10-11-12/h6-7H,2-5H2,1H3. The van der Waals surface area contributed by atoms with Gasteiger partial charge in [0.05, 0.1) is 5.69 Å². The van der Waals surface area contributed by atoms with Gasteiger partial charge in [0.15, 0.2) is 6.29 Å². The molecule has 0 saturated heterocycles. The normalized spacial score (nSPS) is 16.1. The lowest BCUT2D eigenvalue weighted by molar-refractivity contribution is 0.111. The second kappa shape index (κ2) is 3.28. The first-order valence-electron chi connectivity index (χ1n) is 4.75. The van der Waals surface area contributed by atoms with Crippen LogP contribution < -0.4 is 0 Å². The van der Waals surface area contributed by atoms with Crippen molar-refractivity contribution < 1.29 is 4.79 Å². The largest absolute Gasteiger partial charge is 0.296 e. The molecular formula is C9H13N3O. The van der Waals surface area contributed by atoms with Gasteiger partial charge in [-0.3, -0.25) is 4.79 Å². The topological polar surface area (TPSA) is 47.8 Å². The van der Waals surface area contributed by atoms with Crippen LogP contribution >= 0.6 is 0 Å². The summed E-state index contributed by atoms with van der Waals surface area (Å²) < 4.78 is 1.88. The van der Waals surface area contributed by atoms with Crippen molar-refractivity contribution in [3.05, 3.63) is 11.4 Å². The number of aromatic nitrogens is 3. The summed E-state index contributed by atoms with van der Waals surface area (Å²) in [4.78, 5) is 10.7. The van der Waals surface area contributed by atoms with E-state index in [4.69, 9.17) is 0 Å². The molecule has 4 nitrogen and oxygen atoms in total. The lowest BCUT2D eigenvalue weighted by Crippen LogP contribution is -2.04. The number of aryl methyl sites for hydroxylation is 1. The quantitative estimate of drug-likeness (QED) is 0.656. The molecule has 1 aromatic rings. The fourth-order valence-electron chi connectivity index (χ4n) is 1.57. The second-order valence-electron chi connectivity index (χ2n) is 3.48. The summed E-state index contributed by atoms with van der Waals surface area (Å²) in [5.41, 5.74) is 1.59. The summed E-state index contributed by atoms with van der Waals surface area (Å²) in [6.07, 6.45) is 4.20. The van der Waals surface area contributed by atoms with Gasteiger partial charge in [-0.05, 0) is 19.3 Å². The molecule has 0 aromatic carbocycles. The number of nitrogens with zero attached hydrogens (tertiary/aromatic N) is 3. The number of carbonyl (C=O) groups excluding carboxylic acids is 1. The summed E-state index contributed by atoms with van der Waals surface area (Å²) in [5, 5.41) is 7.83. The molecular weight excluding hydrogens is 166 g/mol. The van der Waals surface area contributed by atoms with Crippen LogP contribution in [0.25, 0.3) is 0 Å². The van der Waals surface area contributed by atoms with Gasteiger partial charge in [0.1, 0.15) is 5.69 Å². The Morgan fingerprint density at radius 2 is 2.38 bits per heavy atom. The predicted octanol–water partition coefficient (Wildman–Crippen LogP) is 1.38. The molecule has 4 heteroatoms. The third-order valence-corrected chi connectivity index (χ3v) is 2.31. The van der Waals surface area contributed by atoms with Crippen LogP contribution in [0, 0.1) is 0 Å². The van der Waals surface area contributed by atoms with Gasteiger partial charge < -0.3 is 0 Å². The van der Waals surface area contributed by atoms with Crippen LogP contribution in [0.3, 0.4) is 0 Å². The maximum Gasteiger partial charge on any atom is 0.172 e. The lowest BCUT2D eigenvalue weighted by atomic mass is 10.2. The molecule has 0 radical (unpaired) electrons. The van der Waals surface area contributed by atoms with Crippen molar-refractivity contribution in [3.8, 4) is 0 Å². The first kappa shape index (κ1) is 8.41. The molecule has 1 aliphatic carbocycles. The van der Waals surface area contributed by atoms with Crippen molar-refractivity contribution in [2.45, 2.75) is 38.6 Å². The van der Waals surface area contributed by atoms with Crippen LogP contribution in [0.1, 0.15) is 48.3 Å². The Balaban J connectivity index is 2.32. The van der Waals surface area contributed by atoms with Gasteiger partial charge in [-0.2, -0.15) is 0 Å². The third kappa shape index (κ3) is 1.48. The van der Waals surface area contributed by atoms with Gasteiger partial charge in [0, 0.05) is 12.5 Å². The van der Waals surface area contributed by atoms with Gasteiger partial charge in [-0.25, -0.2) is 4.68 Å². The number of carbonyl (C=O) groups is 1. The van der Waals surface area contributed by atoms with E-state index in [1.165, 1.54) is 12.8 Å². The minimum atomic E-state index is 0.538. The minimum Gasteiger partial charge on any atom is -0.296 e. The molecule has 0 spiro atoms. The van der Waals surface area contributed by atoms with E-state index in [1.807, 2.05) is 4.68 Å². The first-order valence-corrected chi connectivity index (χ1v) is 4.75. The molecule has 70 valence electrons. The molecule has 13 heavy (non-hydrogen) atoms. The van der Waals surface area contributed by atoms with Crippen LogP contribution in [0.4, 0.5) is 0 Å². The van der Waals surface area contributed by atoms with Crippen molar-refractivity contribution in [1.82, 2.24) is 15.0 Å². The van der Waals surface area contributed by atoms with Crippen molar-refractivity contribution in [3.63, 3.8) is 0 Å². The molecule has 1 aromatic heterocycles. The van der Waals surface area contributed by atoms with Crippen LogP contribution in [0.15, 0.2) is 0 Å². The molecule has 0 amide bonds. The number of hydrogen-bond donors (Lipinski definition) is 0. The number of aldehydes is 1. The molecule has 1 aliphatic rings. The number of rotatable bonds is 4. The molecule has 1 heterocycles. The van der Waals surface area contributed by atoms with Crippen LogP contribution in [0.2, 0.25) is 0 Å². The zero-order valence-corrected chi connectivity index (χ0v) is 7.73. The molecule has 2 rings (SSSR count). The highest BCUT2D eigenvalue weighted by Gasteiger charge is 2.30. The smallest absolute Gasteiger partial charge is 0.172 e. The number of hydrogen-bond acceptors (Lipinski definition) is 3. The molecule has 0 aliphatic heterocycles. The van der Waals surface area contributed by atoms with E-state index in [0.717, 1.165) is 24.9 Å². The average molecular weight is 179 g/mol. The predicted molar refractivity (Wildman–Crippen MR) is 47.7 cm³/mol. The van der Waals surface area contributed by atoms with Gasteiger partial charge in [0.2, 0.25) is 0 Å². The first-order chi connectivity index (χ1) is 6.36. The zero-order chi connectivity index (χ0) is 9.26. The van der Waals surface area contributed by atoms with Crippen molar-refractivity contribution >= 4 is 6.29 Å². The van der Waals surface area contributed by atoms with Crippen molar-refractivity contribution in [1.29, 1.82) is 0 Å². The van der Waals surface area contributed by atoms with Gasteiger partial charge in [-0.1, -0.05) is 12.1 Å². The Morgan fingerprint density at radius 1 is 1.62 bits per heavy atom. The molecule has 0 bridgehead atoms. The van der Waals surface area contributed by atoms with E-state index in [2.05, 4.69) is 17.2 Å². The average Bonchev–Trinajstić information content (AvgIpc) is 2.89. The van der Waals surface area contributed by atoms with E-state index in [9.17, 15) is 4.79 Å². The van der Waals surface area contributed by atoms with Crippen LogP contribution in [-0.4, -0.2) is 21.3 Å². The lowest BCUT2D eigenvalue weighted by Gasteiger charge is -2.02.